The Morgan fingerprint density at radius 3 is 2.35 bits per heavy atom. The first-order chi connectivity index (χ1) is 17.5. The smallest absolute Gasteiger partial charge is 0.297 e. The van der Waals surface area contributed by atoms with Gasteiger partial charge in [-0.3, -0.25) is 9.35 Å². The number of hydrogen-bond donors (Lipinski definition) is 3. The van der Waals surface area contributed by atoms with Gasteiger partial charge >= 0.3 is 0 Å². The van der Waals surface area contributed by atoms with Crippen molar-refractivity contribution in [2.45, 2.75) is 11.8 Å². The van der Waals surface area contributed by atoms with Crippen molar-refractivity contribution in [1.29, 1.82) is 0 Å². The fourth-order valence-corrected chi connectivity index (χ4v) is 5.01. The minimum absolute atomic E-state index is 0.0891. The molecule has 0 radical (unpaired) electrons. The first kappa shape index (κ1) is 26.4. The van der Waals surface area contributed by atoms with Crippen molar-refractivity contribution in [2.24, 2.45) is 10.2 Å². The van der Waals surface area contributed by atoms with E-state index in [1.165, 1.54) is 38.3 Å². The number of nitrogens with zero attached hydrogens (tertiary/aromatic N) is 2. The van der Waals surface area contributed by atoms with Gasteiger partial charge in [0.15, 0.2) is 5.75 Å². The van der Waals surface area contributed by atoms with Crippen LogP contribution in [0.1, 0.15) is 15.9 Å². The number of carbonyl (C=O) groups excluding carboxylic acids is 1. The van der Waals surface area contributed by atoms with Crippen LogP contribution in [0, 0.1) is 6.92 Å². The number of nitrogens with one attached hydrogen (secondary N) is 1. The van der Waals surface area contributed by atoms with Gasteiger partial charge in [-0.25, -0.2) is 0 Å². The number of fused-ring (bicyclic) bond motifs is 1. The number of anilines is 1. The summed E-state index contributed by atoms with van der Waals surface area (Å²) in [5.41, 5.74) is -0.0766. The molecule has 0 aliphatic heterocycles. The molecule has 12 heteroatoms. The number of benzene rings is 4. The fourth-order valence-electron chi connectivity index (χ4n) is 3.67. The summed E-state index contributed by atoms with van der Waals surface area (Å²) in [6, 6.07) is 15.7. The lowest BCUT2D eigenvalue weighted by molar-refractivity contribution is 0.102. The number of phenols is 1. The summed E-state index contributed by atoms with van der Waals surface area (Å²) < 4.78 is 38.8. The van der Waals surface area contributed by atoms with E-state index in [-0.39, 0.29) is 38.2 Å². The summed E-state index contributed by atoms with van der Waals surface area (Å²) in [5.74, 6) is -0.695. The highest BCUT2D eigenvalue weighted by molar-refractivity contribution is 7.86. The molecule has 0 saturated carbocycles. The van der Waals surface area contributed by atoms with Crippen molar-refractivity contribution in [1.82, 2.24) is 0 Å². The highest BCUT2D eigenvalue weighted by atomic mass is 35.5. The number of ether oxygens (including phenoxy) is 1. The van der Waals surface area contributed by atoms with E-state index in [0.717, 1.165) is 0 Å². The Morgan fingerprint density at radius 1 is 0.973 bits per heavy atom. The molecule has 0 bridgehead atoms. The normalized spacial score (nSPS) is 11.7. The van der Waals surface area contributed by atoms with Gasteiger partial charge in [-0.1, -0.05) is 53.5 Å². The average Bonchev–Trinajstić information content (AvgIpc) is 2.85. The van der Waals surface area contributed by atoms with Crippen molar-refractivity contribution in [2.75, 3.05) is 12.4 Å². The van der Waals surface area contributed by atoms with E-state index in [0.29, 0.717) is 16.5 Å². The van der Waals surface area contributed by atoms with E-state index in [1.807, 2.05) is 0 Å². The van der Waals surface area contributed by atoms with Gasteiger partial charge in [0.25, 0.3) is 16.0 Å². The Morgan fingerprint density at radius 2 is 1.68 bits per heavy atom. The topological polar surface area (TPSA) is 138 Å². The van der Waals surface area contributed by atoms with Crippen molar-refractivity contribution >= 4 is 67.1 Å². The molecule has 1 amide bonds. The summed E-state index contributed by atoms with van der Waals surface area (Å²) in [5, 5.41) is 22.8. The molecule has 0 heterocycles. The van der Waals surface area contributed by atoms with Gasteiger partial charge in [-0.2, -0.15) is 8.42 Å². The Kier molecular flexibility index (Phi) is 7.37. The zero-order chi connectivity index (χ0) is 26.9. The second kappa shape index (κ2) is 10.3. The fraction of sp³-hybridized carbons (Fsp3) is 0.0800. The molecule has 0 atom stereocenters. The van der Waals surface area contributed by atoms with E-state index >= 15 is 0 Å². The molecule has 0 aliphatic carbocycles. The van der Waals surface area contributed by atoms with Crippen LogP contribution in [-0.4, -0.2) is 31.1 Å². The first-order valence-electron chi connectivity index (χ1n) is 10.6. The van der Waals surface area contributed by atoms with Crippen LogP contribution in [-0.2, 0) is 10.1 Å². The lowest BCUT2D eigenvalue weighted by Crippen LogP contribution is -2.12. The number of phenolic OH excluding ortho intramolecular Hbond substituents is 1. The van der Waals surface area contributed by atoms with Crippen LogP contribution in [0.5, 0.6) is 11.5 Å². The molecule has 37 heavy (non-hydrogen) atoms. The zero-order valence-corrected chi connectivity index (χ0v) is 21.7. The predicted octanol–water partition coefficient (Wildman–Crippen LogP) is 7.08. The summed E-state index contributed by atoms with van der Waals surface area (Å²) in [6.07, 6.45) is 0. The van der Waals surface area contributed by atoms with Gasteiger partial charge in [0.1, 0.15) is 22.0 Å². The first-order valence-corrected chi connectivity index (χ1v) is 12.8. The average molecular weight is 560 g/mol. The van der Waals surface area contributed by atoms with Gasteiger partial charge in [0.2, 0.25) is 0 Å². The molecule has 0 aromatic heterocycles. The van der Waals surface area contributed by atoms with Crippen molar-refractivity contribution in [3.63, 3.8) is 0 Å². The predicted molar refractivity (Wildman–Crippen MR) is 142 cm³/mol. The Labute approximate surface area is 222 Å². The zero-order valence-electron chi connectivity index (χ0n) is 19.4. The molecule has 0 unspecified atom stereocenters. The maximum absolute atomic E-state index is 13.1. The number of carbonyl (C=O) groups is 1. The maximum Gasteiger partial charge on any atom is 0.297 e. The van der Waals surface area contributed by atoms with Crippen molar-refractivity contribution < 1.29 is 27.6 Å². The van der Waals surface area contributed by atoms with Gasteiger partial charge in [-0.05, 0) is 42.1 Å². The monoisotopic (exact) mass is 559 g/mol. The quantitative estimate of drug-likeness (QED) is 0.170. The molecule has 4 rings (SSSR count). The van der Waals surface area contributed by atoms with Gasteiger partial charge < -0.3 is 15.2 Å². The molecule has 0 aliphatic rings. The van der Waals surface area contributed by atoms with Crippen LogP contribution in [0.2, 0.25) is 10.0 Å². The molecule has 190 valence electrons. The lowest BCUT2D eigenvalue weighted by atomic mass is 10.0. The maximum atomic E-state index is 13.1. The highest BCUT2D eigenvalue weighted by Crippen LogP contribution is 2.42. The number of aryl methyl sites for hydroxylation is 1. The van der Waals surface area contributed by atoms with E-state index in [4.69, 9.17) is 27.9 Å². The second-order valence-corrected chi connectivity index (χ2v) is 10.0. The number of amides is 1. The standard InChI is InChI=1S/C25H19Cl2N3O6S/c1-13-7-9-18(26)22(24(13)37(33,34)35)30-29-21-16-6-4-3-5-14(16)11-17(23(21)31)25(32)28-20-10-8-15(36-2)12-19(20)27/h3-12,31H,1-2H3,(H,28,32)(H,33,34,35). The van der Waals surface area contributed by atoms with Crippen molar-refractivity contribution in [3.05, 3.63) is 81.8 Å². The van der Waals surface area contributed by atoms with E-state index < -0.39 is 26.7 Å². The third kappa shape index (κ3) is 5.37. The SMILES string of the molecule is COc1ccc(NC(=O)c2cc3ccccc3c(N=Nc3c(Cl)ccc(C)c3S(=O)(=O)O)c2O)c(Cl)c1. The molecule has 0 saturated heterocycles. The Hall–Kier alpha value is -3.70. The lowest BCUT2D eigenvalue weighted by Gasteiger charge is -2.13. The van der Waals surface area contributed by atoms with Crippen LogP contribution in [0.25, 0.3) is 10.8 Å². The van der Waals surface area contributed by atoms with Crippen LogP contribution < -0.4 is 10.1 Å². The summed E-state index contributed by atoms with van der Waals surface area (Å²) in [4.78, 5) is 12.6. The third-order valence-electron chi connectivity index (χ3n) is 5.45. The minimum atomic E-state index is -4.70. The summed E-state index contributed by atoms with van der Waals surface area (Å²) in [6.45, 7) is 1.46. The van der Waals surface area contributed by atoms with E-state index in [9.17, 15) is 22.9 Å². The highest BCUT2D eigenvalue weighted by Gasteiger charge is 2.23. The number of aromatic hydroxyl groups is 1. The van der Waals surface area contributed by atoms with Crippen LogP contribution in [0.4, 0.5) is 17.1 Å². The molecular formula is C25H19Cl2N3O6S. The molecule has 9 nitrogen and oxygen atoms in total. The summed E-state index contributed by atoms with van der Waals surface area (Å²) >= 11 is 12.4. The van der Waals surface area contributed by atoms with E-state index in [2.05, 4.69) is 15.5 Å². The molecular weight excluding hydrogens is 541 g/mol. The van der Waals surface area contributed by atoms with Crippen molar-refractivity contribution in [3.8, 4) is 11.5 Å². The Bertz CT molecular complexity index is 1690. The molecule has 3 N–H and O–H groups in total. The minimum Gasteiger partial charge on any atom is -0.505 e. The molecule has 4 aromatic rings. The largest absolute Gasteiger partial charge is 0.505 e. The van der Waals surface area contributed by atoms with E-state index in [1.54, 1.807) is 36.4 Å². The number of azo groups is 1. The van der Waals surface area contributed by atoms with Gasteiger partial charge in [0.05, 0.1) is 28.4 Å². The van der Waals surface area contributed by atoms with Crippen LogP contribution >= 0.6 is 23.2 Å². The van der Waals surface area contributed by atoms with Gasteiger partial charge in [-0.15, -0.1) is 10.2 Å². The van der Waals surface area contributed by atoms with Gasteiger partial charge in [0, 0.05) is 11.5 Å². The third-order valence-corrected chi connectivity index (χ3v) is 7.10. The second-order valence-electron chi connectivity index (χ2n) is 7.86. The van der Waals surface area contributed by atoms with Crippen LogP contribution in [0.3, 0.4) is 0 Å². The number of hydrogen-bond acceptors (Lipinski definition) is 7. The number of rotatable bonds is 6. The van der Waals surface area contributed by atoms with Crippen LogP contribution in [0.15, 0.2) is 75.8 Å². The molecule has 0 spiro atoms. The molecule has 4 aromatic carbocycles. The Balaban J connectivity index is 1.84. The molecule has 0 fully saturated rings. The number of halogens is 2. The summed E-state index contributed by atoms with van der Waals surface area (Å²) in [7, 11) is -3.21. The number of methoxy groups -OCH3 is 1.